The van der Waals surface area contributed by atoms with Crippen molar-refractivity contribution in [2.75, 3.05) is 7.11 Å². The fourth-order valence-corrected chi connectivity index (χ4v) is 6.03. The van der Waals surface area contributed by atoms with E-state index in [1.807, 2.05) is 97.9 Å². The fourth-order valence-electron chi connectivity index (χ4n) is 4.46. The van der Waals surface area contributed by atoms with Gasteiger partial charge in [-0.3, -0.25) is 0 Å². The summed E-state index contributed by atoms with van der Waals surface area (Å²) in [4.78, 5) is 0.270. The summed E-state index contributed by atoms with van der Waals surface area (Å²) >= 11 is 0. The molecule has 4 nitrogen and oxygen atoms in total. The van der Waals surface area contributed by atoms with Crippen LogP contribution < -0.4 is 4.74 Å². The summed E-state index contributed by atoms with van der Waals surface area (Å²) in [6.07, 6.45) is 4.71. The Bertz CT molecular complexity index is 1630. The van der Waals surface area contributed by atoms with Crippen LogP contribution in [0.3, 0.4) is 0 Å². The third-order valence-corrected chi connectivity index (χ3v) is 8.02. The molecule has 5 aromatic rings. The lowest BCUT2D eigenvalue weighted by molar-refractivity contribution is 0.415. The molecule has 0 spiro atoms. The fraction of sp³-hybridized carbons (Fsp3) is 0.0968. The highest BCUT2D eigenvalue weighted by Crippen LogP contribution is 2.37. The van der Waals surface area contributed by atoms with E-state index in [9.17, 15) is 8.42 Å². The van der Waals surface area contributed by atoms with Crippen molar-refractivity contribution in [3.63, 3.8) is 0 Å². The van der Waals surface area contributed by atoms with Crippen LogP contribution in [0.4, 0.5) is 0 Å². The minimum Gasteiger partial charge on any atom is -0.497 e. The summed E-state index contributed by atoms with van der Waals surface area (Å²) in [6.45, 7) is 1.95. The zero-order valence-electron chi connectivity index (χ0n) is 20.3. The molecule has 0 bridgehead atoms. The Morgan fingerprint density at radius 2 is 1.47 bits per heavy atom. The molecule has 1 heterocycles. The topological polar surface area (TPSA) is 48.3 Å². The summed E-state index contributed by atoms with van der Waals surface area (Å²) < 4.78 is 34.9. The summed E-state index contributed by atoms with van der Waals surface area (Å²) in [5, 5.41) is 0.923. The first-order valence-electron chi connectivity index (χ1n) is 11.8. The molecule has 0 amide bonds. The van der Waals surface area contributed by atoms with E-state index in [1.54, 1.807) is 19.2 Å². The van der Waals surface area contributed by atoms with Crippen molar-refractivity contribution in [3.05, 3.63) is 126 Å². The van der Waals surface area contributed by atoms with Gasteiger partial charge in [0.2, 0.25) is 0 Å². The number of allylic oxidation sites excluding steroid dienone is 1. The zero-order valence-corrected chi connectivity index (χ0v) is 21.1. The van der Waals surface area contributed by atoms with E-state index < -0.39 is 10.0 Å². The van der Waals surface area contributed by atoms with Gasteiger partial charge in [0.05, 0.1) is 23.2 Å². The highest BCUT2D eigenvalue weighted by Gasteiger charge is 2.27. The van der Waals surface area contributed by atoms with E-state index in [1.165, 1.54) is 3.97 Å². The second-order valence-corrected chi connectivity index (χ2v) is 10.5. The molecular weight excluding hydrogens is 466 g/mol. The normalized spacial score (nSPS) is 11.8. The lowest BCUT2D eigenvalue weighted by Crippen LogP contribution is -2.14. The number of nitrogens with zero attached hydrogens (tertiary/aromatic N) is 1. The molecule has 0 saturated carbocycles. The molecule has 0 aliphatic heterocycles. The van der Waals surface area contributed by atoms with Crippen molar-refractivity contribution in [2.24, 2.45) is 0 Å². The maximum Gasteiger partial charge on any atom is 0.268 e. The Hall–Kier alpha value is -4.09. The maximum atomic E-state index is 14.1. The molecule has 0 N–H and O–H groups in total. The van der Waals surface area contributed by atoms with Crippen LogP contribution in [-0.2, 0) is 16.4 Å². The van der Waals surface area contributed by atoms with Crippen LogP contribution >= 0.6 is 0 Å². The van der Waals surface area contributed by atoms with Crippen molar-refractivity contribution >= 4 is 27.0 Å². The molecule has 5 rings (SSSR count). The zero-order chi connectivity index (χ0) is 25.1. The third kappa shape index (κ3) is 4.45. The molecule has 1 aromatic heterocycles. The molecule has 0 aliphatic rings. The first-order valence-corrected chi connectivity index (χ1v) is 13.2. The Balaban J connectivity index is 1.69. The van der Waals surface area contributed by atoms with E-state index in [-0.39, 0.29) is 4.90 Å². The maximum absolute atomic E-state index is 14.1. The summed E-state index contributed by atoms with van der Waals surface area (Å²) in [5.41, 5.74) is 5.25. The van der Waals surface area contributed by atoms with Gasteiger partial charge in [0, 0.05) is 5.39 Å². The van der Waals surface area contributed by atoms with Crippen LogP contribution in [0.1, 0.15) is 16.7 Å². The van der Waals surface area contributed by atoms with Crippen LogP contribution in [-0.4, -0.2) is 19.5 Å². The number of rotatable bonds is 7. The van der Waals surface area contributed by atoms with Gasteiger partial charge in [-0.05, 0) is 60.4 Å². The number of ether oxygens (including phenoxy) is 1. The smallest absolute Gasteiger partial charge is 0.268 e. The van der Waals surface area contributed by atoms with Crippen molar-refractivity contribution in [2.45, 2.75) is 18.2 Å². The lowest BCUT2D eigenvalue weighted by Gasteiger charge is -2.14. The Labute approximate surface area is 212 Å². The van der Waals surface area contributed by atoms with Gasteiger partial charge in [-0.1, -0.05) is 90.5 Å². The van der Waals surface area contributed by atoms with Crippen LogP contribution in [0.25, 0.3) is 28.2 Å². The van der Waals surface area contributed by atoms with Gasteiger partial charge >= 0.3 is 0 Å². The predicted octanol–water partition coefficient (Wildman–Crippen LogP) is 7.12. The number of hydrogen-bond donors (Lipinski definition) is 0. The molecule has 4 aromatic carbocycles. The minimum absolute atomic E-state index is 0.270. The number of para-hydroxylation sites is 1. The second kappa shape index (κ2) is 9.88. The SMILES string of the molecule is COc1ccc(/C=C/Cc2c(-c3ccccc3)n(S(=O)(=O)c3ccc(C)cc3)c3ccccc23)cc1. The minimum atomic E-state index is -3.85. The Morgan fingerprint density at radius 1 is 0.806 bits per heavy atom. The number of hydrogen-bond acceptors (Lipinski definition) is 3. The van der Waals surface area contributed by atoms with Gasteiger partial charge in [-0.2, -0.15) is 0 Å². The second-order valence-electron chi connectivity index (χ2n) is 8.67. The van der Waals surface area contributed by atoms with Crippen molar-refractivity contribution in [3.8, 4) is 17.0 Å². The highest BCUT2D eigenvalue weighted by atomic mass is 32.2. The van der Waals surface area contributed by atoms with E-state index >= 15 is 0 Å². The molecule has 0 radical (unpaired) electrons. The van der Waals surface area contributed by atoms with Gasteiger partial charge in [-0.25, -0.2) is 12.4 Å². The number of benzene rings is 4. The molecule has 0 aliphatic carbocycles. The molecule has 5 heteroatoms. The average molecular weight is 494 g/mol. The van der Waals surface area contributed by atoms with Gasteiger partial charge in [0.25, 0.3) is 10.0 Å². The Morgan fingerprint density at radius 3 is 2.17 bits per heavy atom. The van der Waals surface area contributed by atoms with E-state index in [4.69, 9.17) is 4.74 Å². The molecule has 0 unspecified atom stereocenters. The summed E-state index contributed by atoms with van der Waals surface area (Å²) in [6, 6.07) is 32.3. The van der Waals surface area contributed by atoms with Gasteiger partial charge in [-0.15, -0.1) is 0 Å². The number of methoxy groups -OCH3 is 1. The lowest BCUT2D eigenvalue weighted by atomic mass is 10.0. The molecule has 0 atom stereocenters. The van der Waals surface area contributed by atoms with Crippen LogP contribution in [0.2, 0.25) is 0 Å². The van der Waals surface area contributed by atoms with Crippen molar-refractivity contribution < 1.29 is 13.2 Å². The summed E-state index contributed by atoms with van der Waals surface area (Å²) in [5.74, 6) is 0.808. The summed E-state index contributed by atoms with van der Waals surface area (Å²) in [7, 11) is -2.20. The third-order valence-electron chi connectivity index (χ3n) is 6.29. The van der Waals surface area contributed by atoms with Crippen LogP contribution in [0.15, 0.2) is 114 Å². The number of aromatic nitrogens is 1. The monoisotopic (exact) mass is 493 g/mol. The van der Waals surface area contributed by atoms with Crippen molar-refractivity contribution in [1.82, 2.24) is 3.97 Å². The van der Waals surface area contributed by atoms with E-state index in [2.05, 4.69) is 12.2 Å². The highest BCUT2D eigenvalue weighted by molar-refractivity contribution is 7.90. The quantitative estimate of drug-likeness (QED) is 0.243. The van der Waals surface area contributed by atoms with E-state index in [0.717, 1.165) is 33.4 Å². The van der Waals surface area contributed by atoms with Crippen LogP contribution in [0.5, 0.6) is 5.75 Å². The van der Waals surface area contributed by atoms with Crippen molar-refractivity contribution in [1.29, 1.82) is 0 Å². The number of aryl methyl sites for hydroxylation is 1. The van der Waals surface area contributed by atoms with Gasteiger partial charge in [0.1, 0.15) is 5.75 Å². The molecule has 180 valence electrons. The molecule has 0 fully saturated rings. The molecular formula is C31H27NO3S. The largest absolute Gasteiger partial charge is 0.497 e. The molecule has 36 heavy (non-hydrogen) atoms. The van der Waals surface area contributed by atoms with Crippen LogP contribution in [0, 0.1) is 6.92 Å². The van der Waals surface area contributed by atoms with Gasteiger partial charge < -0.3 is 4.74 Å². The number of fused-ring (bicyclic) bond motifs is 1. The Kier molecular flexibility index (Phi) is 6.49. The van der Waals surface area contributed by atoms with E-state index in [0.29, 0.717) is 17.6 Å². The predicted molar refractivity (Wildman–Crippen MR) is 147 cm³/mol. The standard InChI is InChI=1S/C31H27NO3S/c1-23-15-21-27(22-16-23)36(33,34)32-30-14-7-6-12-28(30)29(31(32)25-10-4-3-5-11-25)13-8-9-24-17-19-26(35-2)20-18-24/h3-12,14-22H,13H2,1-2H3/b9-8+. The average Bonchev–Trinajstić information content (AvgIpc) is 3.25. The first kappa shape index (κ1) is 23.6. The molecule has 0 saturated heterocycles. The van der Waals surface area contributed by atoms with Gasteiger partial charge in [0.15, 0.2) is 0 Å². The first-order chi connectivity index (χ1) is 17.5.